The van der Waals surface area contributed by atoms with E-state index in [0.717, 1.165) is 16.0 Å². The molecule has 4 heteroatoms. The van der Waals surface area contributed by atoms with E-state index in [1.807, 2.05) is 26.8 Å². The number of rotatable bonds is 4. The lowest BCUT2D eigenvalue weighted by Crippen LogP contribution is -2.12. The van der Waals surface area contributed by atoms with Gasteiger partial charge in [-0.1, -0.05) is 32.0 Å². The lowest BCUT2D eigenvalue weighted by atomic mass is 9.97. The van der Waals surface area contributed by atoms with Crippen LogP contribution in [0, 0.1) is 26.7 Å². The van der Waals surface area contributed by atoms with Gasteiger partial charge in [-0.15, -0.1) is 11.3 Å². The Labute approximate surface area is 136 Å². The molecule has 1 heterocycles. The van der Waals surface area contributed by atoms with E-state index in [2.05, 4.69) is 26.0 Å². The minimum absolute atomic E-state index is 0.301. The molecule has 0 amide bonds. The van der Waals surface area contributed by atoms with Gasteiger partial charge in [0.05, 0.1) is 6.61 Å². The number of benzene rings is 1. The van der Waals surface area contributed by atoms with E-state index < -0.39 is 0 Å². The molecule has 0 aliphatic heterocycles. The lowest BCUT2D eigenvalue weighted by Gasteiger charge is -2.11. The number of thiophene rings is 1. The number of hydrogen-bond acceptors (Lipinski definition) is 4. The smallest absolute Gasteiger partial charge is 0.341 e. The number of ether oxygens (including phenoxy) is 1. The standard InChI is InChI=1S/C18H23NO2S/c1-10(2)9-21-18(20)16-15(13(5)22-17(16)19)14-7-6-11(3)12(4)8-14/h6-8,10H,9,19H2,1-5H3. The van der Waals surface area contributed by atoms with Gasteiger partial charge in [-0.05, 0) is 43.4 Å². The van der Waals surface area contributed by atoms with Crippen molar-refractivity contribution in [2.24, 2.45) is 5.92 Å². The zero-order valence-electron chi connectivity index (χ0n) is 13.8. The van der Waals surface area contributed by atoms with Crippen molar-refractivity contribution in [3.8, 4) is 11.1 Å². The molecule has 2 rings (SSSR count). The fourth-order valence-electron chi connectivity index (χ4n) is 2.33. The van der Waals surface area contributed by atoms with Crippen LogP contribution in [0.25, 0.3) is 11.1 Å². The molecule has 2 N–H and O–H groups in total. The van der Waals surface area contributed by atoms with Crippen LogP contribution in [0.5, 0.6) is 0 Å². The first-order valence-corrected chi connectivity index (χ1v) is 8.26. The Morgan fingerprint density at radius 2 is 1.91 bits per heavy atom. The Balaban J connectivity index is 2.47. The quantitative estimate of drug-likeness (QED) is 0.829. The molecule has 1 aromatic carbocycles. The predicted octanol–water partition coefficient (Wildman–Crippen LogP) is 4.74. The molecule has 118 valence electrons. The van der Waals surface area contributed by atoms with Crippen molar-refractivity contribution in [3.05, 3.63) is 39.8 Å². The van der Waals surface area contributed by atoms with Crippen LogP contribution in [-0.2, 0) is 4.74 Å². The number of carbonyl (C=O) groups is 1. The number of esters is 1. The Morgan fingerprint density at radius 1 is 1.23 bits per heavy atom. The lowest BCUT2D eigenvalue weighted by molar-refractivity contribution is 0.0461. The maximum absolute atomic E-state index is 12.4. The van der Waals surface area contributed by atoms with Crippen molar-refractivity contribution in [1.29, 1.82) is 0 Å². The third-order valence-electron chi connectivity index (χ3n) is 3.66. The first-order valence-electron chi connectivity index (χ1n) is 7.44. The molecule has 22 heavy (non-hydrogen) atoms. The van der Waals surface area contributed by atoms with E-state index in [0.29, 0.717) is 23.1 Å². The zero-order valence-corrected chi connectivity index (χ0v) is 14.6. The van der Waals surface area contributed by atoms with E-state index >= 15 is 0 Å². The largest absolute Gasteiger partial charge is 0.462 e. The summed E-state index contributed by atoms with van der Waals surface area (Å²) in [6.07, 6.45) is 0. The summed E-state index contributed by atoms with van der Waals surface area (Å²) < 4.78 is 5.39. The van der Waals surface area contributed by atoms with Crippen LogP contribution >= 0.6 is 11.3 Å². The number of hydrogen-bond donors (Lipinski definition) is 1. The van der Waals surface area contributed by atoms with Gasteiger partial charge in [-0.3, -0.25) is 0 Å². The Hall–Kier alpha value is -1.81. The first-order chi connectivity index (χ1) is 10.3. The third kappa shape index (κ3) is 3.33. The van der Waals surface area contributed by atoms with Crippen LogP contribution in [0.15, 0.2) is 18.2 Å². The van der Waals surface area contributed by atoms with Crippen molar-refractivity contribution in [3.63, 3.8) is 0 Å². The summed E-state index contributed by atoms with van der Waals surface area (Å²) in [5.74, 6) is -0.0289. The van der Waals surface area contributed by atoms with Crippen molar-refractivity contribution < 1.29 is 9.53 Å². The minimum Gasteiger partial charge on any atom is -0.462 e. The van der Waals surface area contributed by atoms with Crippen molar-refractivity contribution in [1.82, 2.24) is 0 Å². The molecular weight excluding hydrogens is 294 g/mol. The molecule has 0 atom stereocenters. The topological polar surface area (TPSA) is 52.3 Å². The summed E-state index contributed by atoms with van der Waals surface area (Å²) in [7, 11) is 0. The van der Waals surface area contributed by atoms with E-state index in [4.69, 9.17) is 10.5 Å². The van der Waals surface area contributed by atoms with Gasteiger partial charge in [0.15, 0.2) is 0 Å². The number of anilines is 1. The average molecular weight is 317 g/mol. The molecule has 0 fully saturated rings. The van der Waals surface area contributed by atoms with Gasteiger partial charge < -0.3 is 10.5 Å². The van der Waals surface area contributed by atoms with E-state index in [1.54, 1.807) is 0 Å². The van der Waals surface area contributed by atoms with Crippen LogP contribution in [0.4, 0.5) is 5.00 Å². The summed E-state index contributed by atoms with van der Waals surface area (Å²) in [6, 6.07) is 6.21. The van der Waals surface area contributed by atoms with Gasteiger partial charge >= 0.3 is 5.97 Å². The SMILES string of the molecule is Cc1ccc(-c2c(C)sc(N)c2C(=O)OCC(C)C)cc1C. The maximum atomic E-state index is 12.4. The Kier molecular flexibility index (Phi) is 4.91. The predicted molar refractivity (Wildman–Crippen MR) is 93.5 cm³/mol. The van der Waals surface area contributed by atoms with Gasteiger partial charge in [-0.2, -0.15) is 0 Å². The third-order valence-corrected chi connectivity index (χ3v) is 4.59. The highest BCUT2D eigenvalue weighted by atomic mass is 32.1. The van der Waals surface area contributed by atoms with Crippen molar-refractivity contribution >= 4 is 22.3 Å². The summed E-state index contributed by atoms with van der Waals surface area (Å²) in [6.45, 7) is 10.6. The highest BCUT2D eigenvalue weighted by Crippen LogP contribution is 2.39. The molecule has 0 spiro atoms. The van der Waals surface area contributed by atoms with E-state index in [9.17, 15) is 4.79 Å². The van der Waals surface area contributed by atoms with Crippen LogP contribution in [-0.4, -0.2) is 12.6 Å². The normalized spacial score (nSPS) is 11.0. The van der Waals surface area contributed by atoms with Crippen LogP contribution in [0.1, 0.15) is 40.2 Å². The molecule has 0 radical (unpaired) electrons. The van der Waals surface area contributed by atoms with Gasteiger partial charge in [0.2, 0.25) is 0 Å². The monoisotopic (exact) mass is 317 g/mol. The molecule has 0 aliphatic rings. The van der Waals surface area contributed by atoms with Crippen molar-refractivity contribution in [2.45, 2.75) is 34.6 Å². The van der Waals surface area contributed by atoms with Gasteiger partial charge in [-0.25, -0.2) is 4.79 Å². The summed E-state index contributed by atoms with van der Waals surface area (Å²) in [4.78, 5) is 13.5. The van der Waals surface area contributed by atoms with Gasteiger partial charge in [0, 0.05) is 10.4 Å². The maximum Gasteiger partial charge on any atom is 0.341 e. The fraction of sp³-hybridized carbons (Fsp3) is 0.389. The number of nitrogen functional groups attached to an aromatic ring is 1. The van der Waals surface area contributed by atoms with Crippen LogP contribution in [0.3, 0.4) is 0 Å². The van der Waals surface area contributed by atoms with Crippen molar-refractivity contribution in [2.75, 3.05) is 12.3 Å². The second kappa shape index (κ2) is 6.53. The summed E-state index contributed by atoms with van der Waals surface area (Å²) in [5, 5.41) is 0.527. The second-order valence-electron chi connectivity index (χ2n) is 6.06. The molecule has 2 aromatic rings. The number of nitrogens with two attached hydrogens (primary N) is 1. The zero-order chi connectivity index (χ0) is 16.4. The molecule has 0 unspecified atom stereocenters. The van der Waals surface area contributed by atoms with Gasteiger partial charge in [0.1, 0.15) is 10.6 Å². The Bertz CT molecular complexity index is 701. The summed E-state index contributed by atoms with van der Waals surface area (Å²) >= 11 is 1.44. The molecular formula is C18H23NO2S. The van der Waals surface area contributed by atoms with E-state index in [1.165, 1.54) is 22.5 Å². The Morgan fingerprint density at radius 3 is 2.50 bits per heavy atom. The minimum atomic E-state index is -0.330. The summed E-state index contributed by atoms with van der Waals surface area (Å²) in [5.41, 5.74) is 10.9. The second-order valence-corrected chi connectivity index (χ2v) is 7.32. The molecule has 0 saturated heterocycles. The molecule has 3 nitrogen and oxygen atoms in total. The number of aryl methyl sites for hydroxylation is 3. The van der Waals surface area contributed by atoms with Crippen LogP contribution in [0.2, 0.25) is 0 Å². The molecule has 0 bridgehead atoms. The average Bonchev–Trinajstić information content (AvgIpc) is 2.74. The highest BCUT2D eigenvalue weighted by Gasteiger charge is 2.23. The highest BCUT2D eigenvalue weighted by molar-refractivity contribution is 7.16. The van der Waals surface area contributed by atoms with E-state index in [-0.39, 0.29) is 5.97 Å². The van der Waals surface area contributed by atoms with Gasteiger partial charge in [0.25, 0.3) is 0 Å². The molecule has 0 aliphatic carbocycles. The molecule has 1 aromatic heterocycles. The van der Waals surface area contributed by atoms with Crippen LogP contribution < -0.4 is 5.73 Å². The fourth-order valence-corrected chi connectivity index (χ4v) is 3.27. The first kappa shape index (κ1) is 16.6. The number of carbonyl (C=O) groups excluding carboxylic acids is 1. The molecule has 0 saturated carbocycles.